The summed E-state index contributed by atoms with van der Waals surface area (Å²) in [5.41, 5.74) is 1.49. The average Bonchev–Trinajstić information content (AvgIpc) is 2.72. The highest BCUT2D eigenvalue weighted by Gasteiger charge is 2.27. The summed E-state index contributed by atoms with van der Waals surface area (Å²) in [6.07, 6.45) is 0. The molecule has 0 saturated carbocycles. The zero-order valence-corrected chi connectivity index (χ0v) is 14.7. The second-order valence-electron chi connectivity index (χ2n) is 6.25. The monoisotopic (exact) mass is 369 g/mol. The molecule has 3 aromatic rings. The highest BCUT2D eigenvalue weighted by atomic mass is 16.5. The van der Waals surface area contributed by atoms with Crippen LogP contribution in [0.15, 0.2) is 78.0 Å². The summed E-state index contributed by atoms with van der Waals surface area (Å²) in [5, 5.41) is 17.0. The van der Waals surface area contributed by atoms with Gasteiger partial charge in [0.2, 0.25) is 0 Å². The number of hydrogen-bond donors (Lipinski definition) is 2. The highest BCUT2D eigenvalue weighted by molar-refractivity contribution is 6.17. The SMILES string of the molecule is N#C/C(C(=O)OCc1ccccc1)=C1\Nc2cc3ccccc3cc2NC1=O. The number of nitriles is 1. The summed E-state index contributed by atoms with van der Waals surface area (Å²) in [4.78, 5) is 24.9. The van der Waals surface area contributed by atoms with Gasteiger partial charge in [-0.15, -0.1) is 0 Å². The van der Waals surface area contributed by atoms with E-state index >= 15 is 0 Å². The number of ether oxygens (including phenoxy) is 1. The Morgan fingerprint density at radius 2 is 1.54 bits per heavy atom. The fourth-order valence-electron chi connectivity index (χ4n) is 3.00. The first-order valence-corrected chi connectivity index (χ1v) is 8.62. The van der Waals surface area contributed by atoms with Crippen LogP contribution in [0.1, 0.15) is 5.56 Å². The lowest BCUT2D eigenvalue weighted by molar-refractivity contribution is -0.140. The Labute approximate surface area is 161 Å². The summed E-state index contributed by atoms with van der Waals surface area (Å²) in [7, 11) is 0. The van der Waals surface area contributed by atoms with Crippen LogP contribution in [-0.2, 0) is 20.9 Å². The van der Waals surface area contributed by atoms with Crippen LogP contribution in [0.25, 0.3) is 10.8 Å². The van der Waals surface area contributed by atoms with Crippen molar-refractivity contribution in [3.05, 3.63) is 83.6 Å². The van der Waals surface area contributed by atoms with Gasteiger partial charge in [0.1, 0.15) is 18.4 Å². The van der Waals surface area contributed by atoms with Crippen LogP contribution in [0.4, 0.5) is 11.4 Å². The normalized spacial score (nSPS) is 14.3. The minimum atomic E-state index is -0.853. The van der Waals surface area contributed by atoms with E-state index < -0.39 is 11.9 Å². The van der Waals surface area contributed by atoms with E-state index in [4.69, 9.17) is 4.74 Å². The van der Waals surface area contributed by atoms with E-state index in [0.717, 1.165) is 16.3 Å². The van der Waals surface area contributed by atoms with Gasteiger partial charge in [-0.3, -0.25) is 4.79 Å². The van der Waals surface area contributed by atoms with E-state index in [1.807, 2.05) is 54.6 Å². The van der Waals surface area contributed by atoms with Crippen molar-refractivity contribution in [1.29, 1.82) is 5.26 Å². The van der Waals surface area contributed by atoms with E-state index in [0.29, 0.717) is 11.4 Å². The second kappa shape index (κ2) is 7.25. The van der Waals surface area contributed by atoms with Crippen molar-refractivity contribution in [1.82, 2.24) is 0 Å². The molecule has 3 aromatic carbocycles. The van der Waals surface area contributed by atoms with E-state index in [1.54, 1.807) is 18.2 Å². The molecule has 0 fully saturated rings. The lowest BCUT2D eigenvalue weighted by Gasteiger charge is -2.22. The predicted octanol–water partition coefficient (Wildman–Crippen LogP) is 3.72. The third-order valence-corrected chi connectivity index (χ3v) is 4.40. The van der Waals surface area contributed by atoms with E-state index in [2.05, 4.69) is 10.6 Å². The molecule has 0 unspecified atom stereocenters. The summed E-state index contributed by atoms with van der Waals surface area (Å²) >= 11 is 0. The summed E-state index contributed by atoms with van der Waals surface area (Å²) in [6.45, 7) is 0.0149. The molecule has 1 amide bonds. The fraction of sp³-hybridized carbons (Fsp3) is 0.0455. The predicted molar refractivity (Wildman–Crippen MR) is 105 cm³/mol. The van der Waals surface area contributed by atoms with Crippen LogP contribution in [0.3, 0.4) is 0 Å². The Morgan fingerprint density at radius 1 is 0.929 bits per heavy atom. The molecule has 1 heterocycles. The Balaban J connectivity index is 1.63. The number of benzene rings is 3. The van der Waals surface area contributed by atoms with Crippen molar-refractivity contribution in [3.8, 4) is 6.07 Å². The van der Waals surface area contributed by atoms with Gasteiger partial charge < -0.3 is 15.4 Å². The lowest BCUT2D eigenvalue weighted by atomic mass is 10.1. The number of rotatable bonds is 3. The van der Waals surface area contributed by atoms with E-state index in [-0.39, 0.29) is 17.9 Å². The molecule has 28 heavy (non-hydrogen) atoms. The molecule has 4 rings (SSSR count). The third kappa shape index (κ3) is 3.29. The molecule has 6 nitrogen and oxygen atoms in total. The maximum atomic E-state index is 12.5. The highest BCUT2D eigenvalue weighted by Crippen LogP contribution is 2.33. The second-order valence-corrected chi connectivity index (χ2v) is 6.25. The maximum absolute atomic E-state index is 12.5. The number of esters is 1. The van der Waals surface area contributed by atoms with Gasteiger partial charge >= 0.3 is 5.97 Å². The number of nitrogens with one attached hydrogen (secondary N) is 2. The minimum Gasteiger partial charge on any atom is -0.457 e. The van der Waals surface area contributed by atoms with Gasteiger partial charge in [0.05, 0.1) is 11.4 Å². The van der Waals surface area contributed by atoms with Gasteiger partial charge in [-0.05, 0) is 28.5 Å². The number of anilines is 2. The number of fused-ring (bicyclic) bond motifs is 2. The third-order valence-electron chi connectivity index (χ3n) is 4.40. The van der Waals surface area contributed by atoms with Gasteiger partial charge in [0, 0.05) is 0 Å². The van der Waals surface area contributed by atoms with Crippen LogP contribution in [-0.4, -0.2) is 11.9 Å². The minimum absolute atomic E-state index is 0.0149. The number of carbonyl (C=O) groups excluding carboxylic acids is 2. The van der Waals surface area contributed by atoms with Crippen molar-refractivity contribution in [2.45, 2.75) is 6.61 Å². The van der Waals surface area contributed by atoms with Crippen molar-refractivity contribution < 1.29 is 14.3 Å². The fourth-order valence-corrected chi connectivity index (χ4v) is 3.00. The number of carbonyl (C=O) groups is 2. The smallest absolute Gasteiger partial charge is 0.351 e. The summed E-state index contributed by atoms with van der Waals surface area (Å²) in [5.74, 6) is -1.41. The van der Waals surface area contributed by atoms with Crippen LogP contribution in [0.2, 0.25) is 0 Å². The first kappa shape index (κ1) is 17.3. The van der Waals surface area contributed by atoms with Crippen molar-refractivity contribution in [3.63, 3.8) is 0 Å². The maximum Gasteiger partial charge on any atom is 0.351 e. The standard InChI is InChI=1S/C22H15N3O3/c23-12-17(22(27)28-13-14-6-2-1-3-7-14)20-21(26)25-19-11-16-9-5-4-8-15(16)10-18(19)24-20/h1-11,24H,13H2,(H,25,26)/b20-17+. The first-order valence-electron chi connectivity index (χ1n) is 8.62. The van der Waals surface area contributed by atoms with Crippen molar-refractivity contribution in [2.75, 3.05) is 10.6 Å². The van der Waals surface area contributed by atoms with Crippen LogP contribution in [0, 0.1) is 11.3 Å². The zero-order chi connectivity index (χ0) is 19.5. The molecule has 1 aliphatic heterocycles. The van der Waals surface area contributed by atoms with Gasteiger partial charge in [-0.25, -0.2) is 4.79 Å². The average molecular weight is 369 g/mol. The molecule has 0 saturated heterocycles. The topological polar surface area (TPSA) is 91.2 Å². The van der Waals surface area contributed by atoms with Crippen LogP contribution < -0.4 is 10.6 Å². The quantitative estimate of drug-likeness (QED) is 0.417. The van der Waals surface area contributed by atoms with Gasteiger partial charge in [0.25, 0.3) is 5.91 Å². The number of nitrogens with zero attached hydrogens (tertiary/aromatic N) is 1. The van der Waals surface area contributed by atoms with Crippen molar-refractivity contribution >= 4 is 34.0 Å². The molecule has 0 aliphatic carbocycles. The van der Waals surface area contributed by atoms with E-state index in [9.17, 15) is 14.9 Å². The van der Waals surface area contributed by atoms with Crippen LogP contribution >= 0.6 is 0 Å². The Bertz CT molecular complexity index is 1160. The molecule has 1 aliphatic rings. The Morgan fingerprint density at radius 3 is 2.18 bits per heavy atom. The number of amides is 1. The molecule has 0 radical (unpaired) electrons. The summed E-state index contributed by atoms with van der Waals surface area (Å²) in [6, 6.07) is 22.3. The number of hydrogen-bond acceptors (Lipinski definition) is 5. The molecule has 0 atom stereocenters. The Kier molecular flexibility index (Phi) is 4.48. The molecular formula is C22H15N3O3. The molecular weight excluding hydrogens is 354 g/mol. The van der Waals surface area contributed by atoms with E-state index in [1.165, 1.54) is 0 Å². The molecule has 0 spiro atoms. The lowest BCUT2D eigenvalue weighted by Crippen LogP contribution is -2.28. The molecule has 2 N–H and O–H groups in total. The summed E-state index contributed by atoms with van der Waals surface area (Å²) < 4.78 is 5.20. The van der Waals surface area contributed by atoms with Gasteiger partial charge in [0.15, 0.2) is 5.57 Å². The van der Waals surface area contributed by atoms with Gasteiger partial charge in [-0.1, -0.05) is 54.6 Å². The van der Waals surface area contributed by atoms with Crippen molar-refractivity contribution in [2.24, 2.45) is 0 Å². The molecule has 0 bridgehead atoms. The van der Waals surface area contributed by atoms with Crippen LogP contribution in [0.5, 0.6) is 0 Å². The Hall–Kier alpha value is -4.11. The molecule has 6 heteroatoms. The largest absolute Gasteiger partial charge is 0.457 e. The van der Waals surface area contributed by atoms with Gasteiger partial charge in [-0.2, -0.15) is 5.26 Å². The molecule has 136 valence electrons. The zero-order valence-electron chi connectivity index (χ0n) is 14.7. The first-order chi connectivity index (χ1) is 13.7. The molecule has 0 aromatic heterocycles.